The monoisotopic (exact) mass is 239 g/mol. The Kier molecular flexibility index (Phi) is 3.24. The molecule has 2 aromatic rings. The van der Waals surface area contributed by atoms with Gasteiger partial charge in [-0.05, 0) is 41.8 Å². The van der Waals surface area contributed by atoms with Gasteiger partial charge in [0.25, 0.3) is 0 Å². The Morgan fingerprint density at radius 1 is 1.17 bits per heavy atom. The molecule has 0 saturated heterocycles. The summed E-state index contributed by atoms with van der Waals surface area (Å²) in [7, 11) is 0. The summed E-state index contributed by atoms with van der Waals surface area (Å²) in [6.07, 6.45) is 0.816. The minimum Gasteiger partial charge on any atom is -0.366 e. The molecule has 0 saturated carbocycles. The Bertz CT molecular complexity index is 618. The van der Waals surface area contributed by atoms with E-state index in [1.165, 1.54) is 0 Å². The highest BCUT2D eigenvalue weighted by atomic mass is 16.1. The smallest absolute Gasteiger partial charge is 0.248 e. The van der Waals surface area contributed by atoms with Crippen molar-refractivity contribution in [1.29, 1.82) is 0 Å². The van der Waals surface area contributed by atoms with Crippen molar-refractivity contribution in [2.24, 2.45) is 5.73 Å². The summed E-state index contributed by atoms with van der Waals surface area (Å²) in [4.78, 5) is 21.8. The van der Waals surface area contributed by atoms with E-state index in [1.807, 2.05) is 31.2 Å². The summed E-state index contributed by atoms with van der Waals surface area (Å²) < 4.78 is 0. The number of primary amides is 1. The summed E-state index contributed by atoms with van der Waals surface area (Å²) in [6.45, 7) is 1.91. The van der Waals surface area contributed by atoms with E-state index >= 15 is 0 Å². The number of hydrogen-bond donors (Lipinski definition) is 1. The minimum atomic E-state index is -0.439. The van der Waals surface area contributed by atoms with Crippen molar-refractivity contribution in [3.8, 4) is 11.1 Å². The van der Waals surface area contributed by atoms with Crippen LogP contribution in [0.25, 0.3) is 11.1 Å². The molecule has 90 valence electrons. The van der Waals surface area contributed by atoms with Crippen molar-refractivity contribution < 1.29 is 9.59 Å². The van der Waals surface area contributed by atoms with Crippen LogP contribution in [-0.4, -0.2) is 12.2 Å². The van der Waals surface area contributed by atoms with Crippen LogP contribution in [0.1, 0.15) is 26.3 Å². The number of hydrogen-bond acceptors (Lipinski definition) is 2. The van der Waals surface area contributed by atoms with E-state index in [-0.39, 0.29) is 0 Å². The molecule has 0 bridgehead atoms. The topological polar surface area (TPSA) is 60.2 Å². The lowest BCUT2D eigenvalue weighted by molar-refractivity contribution is 0.0999. The molecular weight excluding hydrogens is 226 g/mol. The first-order chi connectivity index (χ1) is 8.61. The SMILES string of the molecule is Cc1cc(C(N)=O)ccc1-c1cccc(C=O)c1. The number of rotatable bonds is 3. The molecule has 0 aliphatic heterocycles. The molecule has 0 aliphatic carbocycles. The van der Waals surface area contributed by atoms with Gasteiger partial charge in [0.05, 0.1) is 0 Å². The van der Waals surface area contributed by atoms with Crippen LogP contribution in [0.3, 0.4) is 0 Å². The summed E-state index contributed by atoms with van der Waals surface area (Å²) in [5, 5.41) is 0. The predicted molar refractivity (Wildman–Crippen MR) is 70.5 cm³/mol. The number of benzene rings is 2. The van der Waals surface area contributed by atoms with Gasteiger partial charge < -0.3 is 5.73 Å². The highest BCUT2D eigenvalue weighted by Gasteiger charge is 2.06. The largest absolute Gasteiger partial charge is 0.366 e. The molecule has 2 rings (SSSR count). The Hall–Kier alpha value is -2.42. The van der Waals surface area contributed by atoms with Crippen LogP contribution in [0.5, 0.6) is 0 Å². The molecule has 0 fully saturated rings. The number of carbonyl (C=O) groups excluding carboxylic acids is 2. The van der Waals surface area contributed by atoms with E-state index in [2.05, 4.69) is 0 Å². The van der Waals surface area contributed by atoms with Crippen molar-refractivity contribution in [3.05, 3.63) is 59.2 Å². The van der Waals surface area contributed by atoms with Gasteiger partial charge in [-0.1, -0.05) is 24.3 Å². The molecule has 0 unspecified atom stereocenters. The predicted octanol–water partition coefficient (Wildman–Crippen LogP) is 2.57. The standard InChI is InChI=1S/C15H13NO2/c1-10-7-13(15(16)18)5-6-14(10)12-4-2-3-11(8-12)9-17/h2-9H,1H3,(H2,16,18). The number of aryl methyl sites for hydroxylation is 1. The van der Waals surface area contributed by atoms with Crippen LogP contribution in [0.2, 0.25) is 0 Å². The van der Waals surface area contributed by atoms with Gasteiger partial charge in [0.15, 0.2) is 0 Å². The Morgan fingerprint density at radius 3 is 2.56 bits per heavy atom. The number of carbonyl (C=O) groups is 2. The third-order valence-corrected chi connectivity index (χ3v) is 2.84. The molecule has 3 heteroatoms. The van der Waals surface area contributed by atoms with Gasteiger partial charge in [-0.25, -0.2) is 0 Å². The first-order valence-corrected chi connectivity index (χ1v) is 5.58. The van der Waals surface area contributed by atoms with E-state index in [0.29, 0.717) is 11.1 Å². The summed E-state index contributed by atoms with van der Waals surface area (Å²) >= 11 is 0. The fourth-order valence-corrected chi connectivity index (χ4v) is 1.92. The number of aldehydes is 1. The number of nitrogens with two attached hydrogens (primary N) is 1. The molecule has 1 amide bonds. The molecule has 0 radical (unpaired) electrons. The van der Waals surface area contributed by atoms with E-state index in [0.717, 1.165) is 23.0 Å². The van der Waals surface area contributed by atoms with Crippen LogP contribution in [0.15, 0.2) is 42.5 Å². The van der Waals surface area contributed by atoms with E-state index in [4.69, 9.17) is 5.73 Å². The lowest BCUT2D eigenvalue weighted by Crippen LogP contribution is -2.10. The highest BCUT2D eigenvalue weighted by Crippen LogP contribution is 2.24. The average Bonchev–Trinajstić information content (AvgIpc) is 2.38. The van der Waals surface area contributed by atoms with Crippen molar-refractivity contribution in [3.63, 3.8) is 0 Å². The van der Waals surface area contributed by atoms with Gasteiger partial charge in [0.2, 0.25) is 5.91 Å². The molecule has 2 N–H and O–H groups in total. The van der Waals surface area contributed by atoms with Crippen molar-refractivity contribution in [2.75, 3.05) is 0 Å². The molecule has 0 atom stereocenters. The average molecular weight is 239 g/mol. The van der Waals surface area contributed by atoms with Gasteiger partial charge in [0, 0.05) is 11.1 Å². The van der Waals surface area contributed by atoms with Crippen LogP contribution >= 0.6 is 0 Å². The lowest BCUT2D eigenvalue weighted by atomic mass is 9.97. The van der Waals surface area contributed by atoms with E-state index < -0.39 is 5.91 Å². The second-order valence-corrected chi connectivity index (χ2v) is 4.14. The third kappa shape index (κ3) is 2.30. The second kappa shape index (κ2) is 4.84. The Morgan fingerprint density at radius 2 is 1.94 bits per heavy atom. The maximum Gasteiger partial charge on any atom is 0.248 e. The molecule has 3 nitrogen and oxygen atoms in total. The minimum absolute atomic E-state index is 0.439. The first-order valence-electron chi connectivity index (χ1n) is 5.58. The molecule has 18 heavy (non-hydrogen) atoms. The molecule has 0 aliphatic rings. The second-order valence-electron chi connectivity index (χ2n) is 4.14. The fraction of sp³-hybridized carbons (Fsp3) is 0.0667. The zero-order valence-electron chi connectivity index (χ0n) is 10.0. The van der Waals surface area contributed by atoms with E-state index in [9.17, 15) is 9.59 Å². The maximum atomic E-state index is 11.1. The van der Waals surface area contributed by atoms with Crippen molar-refractivity contribution in [2.45, 2.75) is 6.92 Å². The van der Waals surface area contributed by atoms with Crippen LogP contribution < -0.4 is 5.73 Å². The Balaban J connectivity index is 2.50. The van der Waals surface area contributed by atoms with Crippen LogP contribution in [-0.2, 0) is 0 Å². The van der Waals surface area contributed by atoms with Crippen LogP contribution in [0, 0.1) is 6.92 Å². The molecule has 0 heterocycles. The third-order valence-electron chi connectivity index (χ3n) is 2.84. The number of amides is 1. The van der Waals surface area contributed by atoms with Gasteiger partial charge in [-0.3, -0.25) is 9.59 Å². The Labute approximate surface area is 105 Å². The summed E-state index contributed by atoms with van der Waals surface area (Å²) in [5.74, 6) is -0.439. The van der Waals surface area contributed by atoms with Gasteiger partial charge in [-0.2, -0.15) is 0 Å². The van der Waals surface area contributed by atoms with Gasteiger partial charge in [-0.15, -0.1) is 0 Å². The zero-order chi connectivity index (χ0) is 13.1. The molecule has 0 spiro atoms. The van der Waals surface area contributed by atoms with Crippen LogP contribution in [0.4, 0.5) is 0 Å². The summed E-state index contributed by atoms with van der Waals surface area (Å²) in [6, 6.07) is 12.6. The summed E-state index contributed by atoms with van der Waals surface area (Å²) in [5.41, 5.74) is 9.25. The normalized spacial score (nSPS) is 10.1. The van der Waals surface area contributed by atoms with Gasteiger partial charge in [0.1, 0.15) is 6.29 Å². The van der Waals surface area contributed by atoms with Crippen molar-refractivity contribution in [1.82, 2.24) is 0 Å². The maximum absolute atomic E-state index is 11.1. The lowest BCUT2D eigenvalue weighted by Gasteiger charge is -2.08. The highest BCUT2D eigenvalue weighted by molar-refractivity contribution is 5.93. The fourth-order valence-electron chi connectivity index (χ4n) is 1.92. The molecule has 2 aromatic carbocycles. The zero-order valence-corrected chi connectivity index (χ0v) is 10.0. The molecular formula is C15H13NO2. The van der Waals surface area contributed by atoms with E-state index in [1.54, 1.807) is 18.2 Å². The first kappa shape index (κ1) is 12.0. The van der Waals surface area contributed by atoms with Crippen molar-refractivity contribution >= 4 is 12.2 Å². The van der Waals surface area contributed by atoms with Gasteiger partial charge >= 0.3 is 0 Å². The quantitative estimate of drug-likeness (QED) is 0.837. The molecule has 0 aromatic heterocycles.